The van der Waals surface area contributed by atoms with Gasteiger partial charge in [0.25, 0.3) is 0 Å². The lowest BCUT2D eigenvalue weighted by atomic mass is 9.94. The van der Waals surface area contributed by atoms with E-state index in [0.717, 1.165) is 0 Å². The van der Waals surface area contributed by atoms with Crippen LogP contribution in [0.3, 0.4) is 0 Å². The molecule has 0 amide bonds. The molecule has 7 nitrogen and oxygen atoms in total. The fourth-order valence-electron chi connectivity index (χ4n) is 3.01. The summed E-state index contributed by atoms with van der Waals surface area (Å²) < 4.78 is 9.11. The summed E-state index contributed by atoms with van der Waals surface area (Å²) in [6, 6.07) is 8.80. The van der Waals surface area contributed by atoms with Crippen molar-refractivity contribution in [3.8, 4) is 0 Å². The van der Waals surface area contributed by atoms with Crippen LogP contribution in [0.15, 0.2) is 36.4 Å². The average Bonchev–Trinajstić information content (AvgIpc) is 2.79. The largest absolute Gasteiger partial charge is 0.393 e. The Bertz CT molecular complexity index is 1030. The molecule has 2 heterocycles. The number of carbonyl (C=O) groups is 5. The number of hydrogen-bond donors (Lipinski definition) is 0. The van der Waals surface area contributed by atoms with E-state index in [1.807, 2.05) is 0 Å². The van der Waals surface area contributed by atoms with Crippen molar-refractivity contribution in [2.24, 2.45) is 0 Å². The first-order valence-corrected chi connectivity index (χ1v) is 7.73. The number of carbonyl (C=O) groups excluding carboxylic acids is 5. The summed E-state index contributed by atoms with van der Waals surface area (Å²) in [6.07, 6.45) is -0.143. The fraction of sp³-hybridized carbons (Fsp3) is 0.105. The van der Waals surface area contributed by atoms with Gasteiger partial charge in [0, 0.05) is 11.1 Å². The molecular weight excluding hydrogens is 340 g/mol. The van der Waals surface area contributed by atoms with Crippen LogP contribution in [0, 0.1) is 0 Å². The molecule has 4 rings (SSSR count). The minimum atomic E-state index is -0.789. The number of ketones is 1. The number of rotatable bonds is 2. The lowest BCUT2D eigenvalue weighted by Gasteiger charge is -2.07. The molecule has 2 aliphatic heterocycles. The van der Waals surface area contributed by atoms with Gasteiger partial charge in [0.2, 0.25) is 0 Å². The van der Waals surface area contributed by atoms with Crippen molar-refractivity contribution in [3.63, 3.8) is 0 Å². The number of esters is 4. The fourth-order valence-corrected chi connectivity index (χ4v) is 3.01. The Kier molecular flexibility index (Phi) is 3.50. The van der Waals surface area contributed by atoms with E-state index in [2.05, 4.69) is 9.47 Å². The molecule has 0 aromatic heterocycles. The van der Waals surface area contributed by atoms with Crippen LogP contribution >= 0.6 is 0 Å². The van der Waals surface area contributed by atoms with Crippen LogP contribution in [0.5, 0.6) is 0 Å². The van der Waals surface area contributed by atoms with E-state index in [4.69, 9.17) is 0 Å². The molecule has 2 aromatic carbocycles. The van der Waals surface area contributed by atoms with Crippen molar-refractivity contribution in [1.82, 2.24) is 0 Å². The van der Waals surface area contributed by atoms with Gasteiger partial charge in [-0.3, -0.25) is 14.4 Å². The van der Waals surface area contributed by atoms with Gasteiger partial charge < -0.3 is 9.47 Å². The van der Waals surface area contributed by atoms with E-state index in [9.17, 15) is 24.0 Å². The van der Waals surface area contributed by atoms with Crippen molar-refractivity contribution < 1.29 is 33.4 Å². The van der Waals surface area contributed by atoms with E-state index in [1.165, 1.54) is 24.3 Å². The summed E-state index contributed by atoms with van der Waals surface area (Å²) in [5.74, 6) is -3.21. The van der Waals surface area contributed by atoms with E-state index in [1.54, 1.807) is 12.1 Å². The minimum Gasteiger partial charge on any atom is -0.393 e. The second-order valence-corrected chi connectivity index (χ2v) is 5.95. The molecule has 0 saturated heterocycles. The molecule has 0 bridgehead atoms. The molecule has 26 heavy (non-hydrogen) atoms. The van der Waals surface area contributed by atoms with Crippen molar-refractivity contribution in [2.45, 2.75) is 12.8 Å². The van der Waals surface area contributed by atoms with Crippen molar-refractivity contribution in [2.75, 3.05) is 0 Å². The highest BCUT2D eigenvalue weighted by Gasteiger charge is 2.30. The summed E-state index contributed by atoms with van der Waals surface area (Å²) >= 11 is 0. The van der Waals surface area contributed by atoms with Gasteiger partial charge in [-0.1, -0.05) is 18.2 Å². The lowest BCUT2D eigenvalue weighted by molar-refractivity contribution is -0.158. The first-order valence-electron chi connectivity index (χ1n) is 7.73. The first kappa shape index (κ1) is 15.9. The minimum absolute atomic E-state index is 0.0393. The number of hydrogen-bond acceptors (Lipinski definition) is 7. The maximum absolute atomic E-state index is 12.7. The molecule has 0 aliphatic carbocycles. The molecule has 2 aromatic rings. The zero-order valence-corrected chi connectivity index (χ0v) is 13.2. The third-order valence-corrected chi connectivity index (χ3v) is 4.27. The molecule has 0 saturated carbocycles. The topological polar surface area (TPSA) is 104 Å². The number of fused-ring (bicyclic) bond motifs is 2. The normalized spacial score (nSPS) is 15.7. The third-order valence-electron chi connectivity index (χ3n) is 4.27. The van der Waals surface area contributed by atoms with E-state index < -0.39 is 23.9 Å². The van der Waals surface area contributed by atoms with Crippen molar-refractivity contribution in [3.05, 3.63) is 69.8 Å². The molecule has 0 radical (unpaired) electrons. The zero-order chi connectivity index (χ0) is 18.4. The molecule has 128 valence electrons. The molecule has 0 spiro atoms. The van der Waals surface area contributed by atoms with Crippen molar-refractivity contribution >= 4 is 29.7 Å². The lowest BCUT2D eigenvalue weighted by Crippen LogP contribution is -2.11. The Hall–Kier alpha value is -3.61. The number of ether oxygens (including phenoxy) is 2. The Morgan fingerprint density at radius 1 is 0.692 bits per heavy atom. The van der Waals surface area contributed by atoms with Gasteiger partial charge in [0.1, 0.15) is 0 Å². The highest BCUT2D eigenvalue weighted by molar-refractivity contribution is 6.17. The highest BCUT2D eigenvalue weighted by Crippen LogP contribution is 2.24. The Morgan fingerprint density at radius 3 is 2.08 bits per heavy atom. The zero-order valence-electron chi connectivity index (χ0n) is 13.2. The summed E-state index contributed by atoms with van der Waals surface area (Å²) in [6.45, 7) is 0. The van der Waals surface area contributed by atoms with Gasteiger partial charge in [-0.2, -0.15) is 0 Å². The van der Waals surface area contributed by atoms with Gasteiger partial charge in [-0.05, 0) is 29.3 Å². The summed E-state index contributed by atoms with van der Waals surface area (Å²) in [7, 11) is 0. The average molecular weight is 350 g/mol. The van der Waals surface area contributed by atoms with Gasteiger partial charge in [0.15, 0.2) is 5.78 Å². The van der Waals surface area contributed by atoms with Crippen LogP contribution in [0.4, 0.5) is 0 Å². The van der Waals surface area contributed by atoms with Crippen LogP contribution in [0.1, 0.15) is 47.8 Å². The van der Waals surface area contributed by atoms with Gasteiger partial charge in [-0.25, -0.2) is 9.59 Å². The van der Waals surface area contributed by atoms with E-state index >= 15 is 0 Å². The molecule has 0 fully saturated rings. The second-order valence-electron chi connectivity index (χ2n) is 5.95. The quantitative estimate of drug-likeness (QED) is 0.458. The van der Waals surface area contributed by atoms with Gasteiger partial charge in [0.05, 0.1) is 24.0 Å². The van der Waals surface area contributed by atoms with Crippen LogP contribution in [0.25, 0.3) is 0 Å². The Balaban J connectivity index is 1.71. The Labute approximate surface area is 146 Å². The van der Waals surface area contributed by atoms with Crippen LogP contribution in [-0.4, -0.2) is 29.7 Å². The molecular formula is C19H10O7. The summed E-state index contributed by atoms with van der Waals surface area (Å²) in [4.78, 5) is 58.9. The first-order chi connectivity index (χ1) is 12.4. The SMILES string of the molecule is O=C1Cc2ccc(C(=O)c3ccc4c(c3)C(=O)OC4=O)cc2CC(=O)O1. The predicted octanol–water partition coefficient (Wildman–Crippen LogP) is 1.40. The number of cyclic esters (lactones) is 4. The second kappa shape index (κ2) is 5.73. The van der Waals surface area contributed by atoms with E-state index in [0.29, 0.717) is 16.7 Å². The summed E-state index contributed by atoms with van der Waals surface area (Å²) in [5.41, 5.74) is 1.84. The Morgan fingerprint density at radius 2 is 1.31 bits per heavy atom. The number of benzene rings is 2. The smallest absolute Gasteiger partial charge is 0.346 e. The highest BCUT2D eigenvalue weighted by atomic mass is 16.6. The molecule has 0 unspecified atom stereocenters. The third kappa shape index (κ3) is 2.59. The predicted molar refractivity (Wildman–Crippen MR) is 84.6 cm³/mol. The van der Waals surface area contributed by atoms with Gasteiger partial charge in [-0.15, -0.1) is 0 Å². The van der Waals surface area contributed by atoms with Crippen LogP contribution in [0.2, 0.25) is 0 Å². The van der Waals surface area contributed by atoms with Gasteiger partial charge >= 0.3 is 23.9 Å². The van der Waals surface area contributed by atoms with Crippen molar-refractivity contribution in [1.29, 1.82) is 0 Å². The molecule has 7 heteroatoms. The standard InChI is InChI=1S/C19H10O7/c20-15-7-9-1-2-10(5-12(9)8-16(21)25-15)17(22)11-3-4-13-14(6-11)19(24)26-18(13)23/h1-6H,7-8H2. The monoisotopic (exact) mass is 350 g/mol. The molecule has 0 N–H and O–H groups in total. The van der Waals surface area contributed by atoms with Crippen LogP contribution in [-0.2, 0) is 31.9 Å². The maximum Gasteiger partial charge on any atom is 0.346 e. The maximum atomic E-state index is 12.7. The van der Waals surface area contributed by atoms with Crippen LogP contribution < -0.4 is 0 Å². The van der Waals surface area contributed by atoms with E-state index in [-0.39, 0.29) is 35.3 Å². The molecule has 0 atom stereocenters. The summed E-state index contributed by atoms with van der Waals surface area (Å²) in [5, 5.41) is 0. The molecule has 2 aliphatic rings.